The molecule has 2 rings (SSSR count). The molecule has 0 bridgehead atoms. The first-order chi connectivity index (χ1) is 11.0. The molecule has 1 aromatic rings. The van der Waals surface area contributed by atoms with E-state index in [1.54, 1.807) is 18.2 Å². The van der Waals surface area contributed by atoms with E-state index in [9.17, 15) is 9.59 Å². The SMILES string of the molecule is COC(=O)C1=C(C(=O)OC)N(c2ccc(C#N)cc2I)COC1. The van der Waals surface area contributed by atoms with Crippen LogP contribution in [0.3, 0.4) is 0 Å². The van der Waals surface area contributed by atoms with Crippen LogP contribution in [-0.4, -0.2) is 39.5 Å². The highest BCUT2D eigenvalue weighted by molar-refractivity contribution is 14.1. The summed E-state index contributed by atoms with van der Waals surface area (Å²) in [7, 11) is 2.47. The van der Waals surface area contributed by atoms with E-state index in [-0.39, 0.29) is 24.6 Å². The van der Waals surface area contributed by atoms with E-state index < -0.39 is 11.9 Å². The molecule has 0 amide bonds. The Morgan fingerprint density at radius 3 is 2.57 bits per heavy atom. The predicted octanol–water partition coefficient (Wildman–Crippen LogP) is 1.56. The van der Waals surface area contributed by atoms with Crippen LogP contribution in [0.25, 0.3) is 0 Å². The van der Waals surface area contributed by atoms with Crippen LogP contribution in [0.5, 0.6) is 0 Å². The zero-order valence-corrected chi connectivity index (χ0v) is 14.6. The van der Waals surface area contributed by atoms with Crippen molar-refractivity contribution in [2.45, 2.75) is 0 Å². The minimum Gasteiger partial charge on any atom is -0.466 e. The average molecular weight is 428 g/mol. The normalized spacial score (nSPS) is 14.3. The molecule has 1 aliphatic heterocycles. The number of carbonyl (C=O) groups is 2. The van der Waals surface area contributed by atoms with Crippen molar-refractivity contribution >= 4 is 40.2 Å². The van der Waals surface area contributed by atoms with E-state index in [0.29, 0.717) is 11.3 Å². The number of esters is 2. The molecule has 0 radical (unpaired) electrons. The molecule has 0 aliphatic carbocycles. The highest BCUT2D eigenvalue weighted by Gasteiger charge is 2.33. The summed E-state index contributed by atoms with van der Waals surface area (Å²) in [6, 6.07) is 7.04. The number of halogens is 1. The Morgan fingerprint density at radius 2 is 2.00 bits per heavy atom. The van der Waals surface area contributed by atoms with Gasteiger partial charge in [0.25, 0.3) is 0 Å². The summed E-state index contributed by atoms with van der Waals surface area (Å²) in [6.07, 6.45) is 0. The van der Waals surface area contributed by atoms with Crippen molar-refractivity contribution in [3.8, 4) is 6.07 Å². The number of anilines is 1. The molecule has 0 unspecified atom stereocenters. The Labute approximate surface area is 146 Å². The fourth-order valence-corrected chi connectivity index (χ4v) is 2.94. The van der Waals surface area contributed by atoms with Gasteiger partial charge in [-0.1, -0.05) is 0 Å². The zero-order valence-electron chi connectivity index (χ0n) is 12.5. The van der Waals surface area contributed by atoms with Crippen molar-refractivity contribution in [2.75, 3.05) is 32.5 Å². The first-order valence-electron chi connectivity index (χ1n) is 6.48. The topological polar surface area (TPSA) is 88.9 Å². The molecule has 1 heterocycles. The maximum Gasteiger partial charge on any atom is 0.355 e. The number of carbonyl (C=O) groups excluding carboxylic acids is 2. The van der Waals surface area contributed by atoms with Crippen LogP contribution in [0.2, 0.25) is 0 Å². The Kier molecular flexibility index (Phi) is 5.57. The maximum atomic E-state index is 12.2. The van der Waals surface area contributed by atoms with Gasteiger partial charge in [0.05, 0.1) is 43.7 Å². The van der Waals surface area contributed by atoms with Gasteiger partial charge in [-0.25, -0.2) is 9.59 Å². The van der Waals surface area contributed by atoms with Crippen LogP contribution in [0.1, 0.15) is 5.56 Å². The smallest absolute Gasteiger partial charge is 0.355 e. The summed E-state index contributed by atoms with van der Waals surface area (Å²) in [5.74, 6) is -1.31. The van der Waals surface area contributed by atoms with E-state index in [4.69, 9.17) is 19.5 Å². The minimum atomic E-state index is -0.658. The second-order valence-corrected chi connectivity index (χ2v) is 5.66. The van der Waals surface area contributed by atoms with E-state index in [1.165, 1.54) is 19.1 Å². The van der Waals surface area contributed by atoms with Crippen LogP contribution in [0.15, 0.2) is 29.5 Å². The van der Waals surface area contributed by atoms with Crippen molar-refractivity contribution in [2.24, 2.45) is 0 Å². The first-order valence-corrected chi connectivity index (χ1v) is 7.56. The summed E-state index contributed by atoms with van der Waals surface area (Å²) in [4.78, 5) is 25.6. The maximum absolute atomic E-state index is 12.2. The molecule has 8 heteroatoms. The molecule has 0 aromatic heterocycles. The quantitative estimate of drug-likeness (QED) is 0.533. The Hall–Kier alpha value is -2.12. The van der Waals surface area contributed by atoms with E-state index in [2.05, 4.69) is 22.6 Å². The van der Waals surface area contributed by atoms with Gasteiger partial charge in [-0.3, -0.25) is 0 Å². The summed E-state index contributed by atoms with van der Waals surface area (Å²) in [5.41, 5.74) is 1.29. The number of rotatable bonds is 3. The predicted molar refractivity (Wildman–Crippen MR) is 88.2 cm³/mol. The monoisotopic (exact) mass is 428 g/mol. The lowest BCUT2D eigenvalue weighted by Gasteiger charge is -2.31. The molecule has 120 valence electrons. The molecule has 1 aliphatic rings. The van der Waals surface area contributed by atoms with Gasteiger partial charge in [-0.2, -0.15) is 5.26 Å². The molecule has 23 heavy (non-hydrogen) atoms. The summed E-state index contributed by atoms with van der Waals surface area (Å²) < 4.78 is 15.6. The van der Waals surface area contributed by atoms with Crippen molar-refractivity contribution in [1.82, 2.24) is 0 Å². The van der Waals surface area contributed by atoms with Gasteiger partial charge < -0.3 is 19.1 Å². The molecule has 0 saturated heterocycles. The third kappa shape index (κ3) is 3.46. The van der Waals surface area contributed by atoms with E-state index in [0.717, 1.165) is 3.57 Å². The van der Waals surface area contributed by atoms with E-state index >= 15 is 0 Å². The van der Waals surface area contributed by atoms with Gasteiger partial charge in [0.2, 0.25) is 0 Å². The largest absolute Gasteiger partial charge is 0.466 e. The number of hydrogen-bond acceptors (Lipinski definition) is 7. The van der Waals surface area contributed by atoms with Crippen molar-refractivity contribution in [3.63, 3.8) is 0 Å². The fourth-order valence-electron chi connectivity index (χ4n) is 2.13. The molecule has 0 saturated carbocycles. The number of hydrogen-bond donors (Lipinski definition) is 0. The lowest BCUT2D eigenvalue weighted by molar-refractivity contribution is -0.140. The lowest BCUT2D eigenvalue weighted by Crippen LogP contribution is -2.39. The van der Waals surface area contributed by atoms with Gasteiger partial charge in [-0.05, 0) is 40.8 Å². The van der Waals surface area contributed by atoms with Crippen LogP contribution >= 0.6 is 22.6 Å². The second kappa shape index (κ2) is 7.43. The van der Waals surface area contributed by atoms with Crippen molar-refractivity contribution in [3.05, 3.63) is 38.6 Å². The van der Waals surface area contributed by atoms with Crippen LogP contribution in [0.4, 0.5) is 5.69 Å². The summed E-state index contributed by atoms with van der Waals surface area (Å²) in [6.45, 7) is 0.0350. The third-order valence-corrected chi connectivity index (χ3v) is 4.06. The highest BCUT2D eigenvalue weighted by Crippen LogP contribution is 2.30. The minimum absolute atomic E-state index is 0.0412. The fraction of sp³-hybridized carbons (Fsp3) is 0.267. The molecule has 0 fully saturated rings. The third-order valence-electron chi connectivity index (χ3n) is 3.20. The molecular formula is C15H13IN2O5. The summed E-state index contributed by atoms with van der Waals surface area (Å²) >= 11 is 2.05. The van der Waals surface area contributed by atoms with Gasteiger partial charge in [0.1, 0.15) is 12.4 Å². The molecular weight excluding hydrogens is 415 g/mol. The molecule has 0 atom stereocenters. The lowest BCUT2D eigenvalue weighted by atomic mass is 10.1. The standard InChI is InChI=1S/C15H13IN2O5/c1-21-14(19)10-7-23-8-18(13(10)15(20)22-2)12-4-3-9(6-17)5-11(12)16/h3-5H,7-8H2,1-2H3. The van der Waals surface area contributed by atoms with E-state index in [1.807, 2.05) is 6.07 Å². The summed E-state index contributed by atoms with van der Waals surface area (Å²) in [5, 5.41) is 8.95. The number of benzene rings is 1. The number of nitrogens with zero attached hydrogens (tertiary/aromatic N) is 2. The van der Waals surface area contributed by atoms with Crippen LogP contribution < -0.4 is 4.90 Å². The first kappa shape index (κ1) is 17.2. The molecule has 7 nitrogen and oxygen atoms in total. The Balaban J connectivity index is 2.58. The molecule has 1 aromatic carbocycles. The van der Waals surface area contributed by atoms with Crippen molar-refractivity contribution < 1.29 is 23.8 Å². The highest BCUT2D eigenvalue weighted by atomic mass is 127. The second-order valence-electron chi connectivity index (χ2n) is 4.49. The Morgan fingerprint density at radius 1 is 1.30 bits per heavy atom. The average Bonchev–Trinajstić information content (AvgIpc) is 2.59. The van der Waals surface area contributed by atoms with Crippen LogP contribution in [-0.2, 0) is 23.8 Å². The Bertz CT molecular complexity index is 723. The van der Waals surface area contributed by atoms with Gasteiger partial charge in [-0.15, -0.1) is 0 Å². The number of methoxy groups -OCH3 is 2. The molecule has 0 spiro atoms. The number of ether oxygens (including phenoxy) is 3. The number of nitriles is 1. The van der Waals surface area contributed by atoms with Gasteiger partial charge in [0.15, 0.2) is 0 Å². The van der Waals surface area contributed by atoms with Crippen molar-refractivity contribution in [1.29, 1.82) is 5.26 Å². The van der Waals surface area contributed by atoms with Gasteiger partial charge >= 0.3 is 11.9 Å². The zero-order chi connectivity index (χ0) is 17.0. The van der Waals surface area contributed by atoms with Gasteiger partial charge in [0, 0.05) is 3.57 Å². The van der Waals surface area contributed by atoms with Crippen LogP contribution in [0, 0.1) is 14.9 Å². The molecule has 0 N–H and O–H groups in total.